The van der Waals surface area contributed by atoms with Gasteiger partial charge in [0.2, 0.25) is 5.69 Å². The van der Waals surface area contributed by atoms with Crippen LogP contribution in [0.2, 0.25) is 0 Å². The maximum atomic E-state index is 11.3. The fourth-order valence-electron chi connectivity index (χ4n) is 1.44. The van der Waals surface area contributed by atoms with Gasteiger partial charge in [0, 0.05) is 6.20 Å². The summed E-state index contributed by atoms with van der Waals surface area (Å²) in [6.07, 6.45) is 3.02. The molecule has 0 radical (unpaired) electrons. The van der Waals surface area contributed by atoms with E-state index in [0.29, 0.717) is 11.4 Å². The van der Waals surface area contributed by atoms with Gasteiger partial charge in [-0.1, -0.05) is 18.2 Å². The highest BCUT2D eigenvalue weighted by Crippen LogP contribution is 2.22. The number of nitrogens with zero attached hydrogens (tertiary/aromatic N) is 3. The Labute approximate surface area is 98.1 Å². The van der Waals surface area contributed by atoms with E-state index in [1.54, 1.807) is 22.8 Å². The predicted octanol–water partition coefficient (Wildman–Crippen LogP) is 2.21. The first-order chi connectivity index (χ1) is 8.26. The Morgan fingerprint density at radius 1 is 1.47 bits per heavy atom. The number of rotatable bonds is 2. The van der Waals surface area contributed by atoms with Crippen LogP contribution in [0.15, 0.2) is 36.8 Å². The molecule has 5 nitrogen and oxygen atoms in total. The number of aromatic nitrogens is 2. The van der Waals surface area contributed by atoms with Crippen molar-refractivity contribution in [3.05, 3.63) is 53.9 Å². The Balaban J connectivity index is 2.44. The zero-order valence-corrected chi connectivity index (χ0v) is 9.12. The van der Waals surface area contributed by atoms with Crippen LogP contribution in [0, 0.1) is 6.57 Å². The molecule has 5 heteroatoms. The summed E-state index contributed by atoms with van der Waals surface area (Å²) >= 11 is 0. The highest BCUT2D eigenvalue weighted by Gasteiger charge is 2.11. The summed E-state index contributed by atoms with van der Waals surface area (Å²) < 4.78 is 6.19. The quantitative estimate of drug-likeness (QED) is 0.583. The molecule has 0 amide bonds. The standard InChI is InChI=1S/C12H9N3O2/c1-13-9-5-3-4-6-11(9)15-7-10(14-8-15)12(16)17-2/h3-8H,2H3. The topological polar surface area (TPSA) is 48.5 Å². The van der Waals surface area contributed by atoms with E-state index in [2.05, 4.69) is 14.6 Å². The molecule has 2 aromatic rings. The summed E-state index contributed by atoms with van der Waals surface area (Å²) in [7, 11) is 1.30. The number of imidazole rings is 1. The van der Waals surface area contributed by atoms with Crippen molar-refractivity contribution < 1.29 is 9.53 Å². The lowest BCUT2D eigenvalue weighted by atomic mass is 10.2. The molecule has 0 fully saturated rings. The third-order valence-electron chi connectivity index (χ3n) is 2.26. The van der Waals surface area contributed by atoms with Crippen molar-refractivity contribution in [3.63, 3.8) is 0 Å². The summed E-state index contributed by atoms with van der Waals surface area (Å²) in [4.78, 5) is 18.6. The summed E-state index contributed by atoms with van der Waals surface area (Å²) in [6, 6.07) is 7.10. The van der Waals surface area contributed by atoms with Crippen LogP contribution in [0.4, 0.5) is 5.69 Å². The third-order valence-corrected chi connectivity index (χ3v) is 2.26. The summed E-state index contributed by atoms with van der Waals surface area (Å²) in [5, 5.41) is 0. The SMILES string of the molecule is [C-]#[N+]c1ccccc1-n1cnc(C(=O)OC)c1. The van der Waals surface area contributed by atoms with Crippen molar-refractivity contribution >= 4 is 11.7 Å². The first-order valence-electron chi connectivity index (χ1n) is 4.85. The van der Waals surface area contributed by atoms with Gasteiger partial charge < -0.3 is 9.30 Å². The summed E-state index contributed by atoms with van der Waals surface area (Å²) in [5.41, 5.74) is 1.40. The van der Waals surface area contributed by atoms with E-state index < -0.39 is 5.97 Å². The molecule has 0 aliphatic rings. The average molecular weight is 227 g/mol. The zero-order valence-electron chi connectivity index (χ0n) is 9.12. The second-order valence-electron chi connectivity index (χ2n) is 3.26. The van der Waals surface area contributed by atoms with E-state index >= 15 is 0 Å². The van der Waals surface area contributed by atoms with Gasteiger partial charge in [-0.25, -0.2) is 14.6 Å². The molecule has 1 aromatic carbocycles. The molecule has 0 atom stereocenters. The molecular formula is C12H9N3O2. The molecule has 0 aliphatic carbocycles. The van der Waals surface area contributed by atoms with Crippen LogP contribution in [0.1, 0.15) is 10.5 Å². The maximum Gasteiger partial charge on any atom is 0.358 e. The number of ether oxygens (including phenoxy) is 1. The number of para-hydroxylation sites is 2. The summed E-state index contributed by atoms with van der Waals surface area (Å²) in [5.74, 6) is -0.496. The molecule has 0 bridgehead atoms. The fourth-order valence-corrected chi connectivity index (χ4v) is 1.44. The van der Waals surface area contributed by atoms with Gasteiger partial charge in [0.25, 0.3) is 0 Å². The van der Waals surface area contributed by atoms with Crippen molar-refractivity contribution in [1.82, 2.24) is 9.55 Å². The largest absolute Gasteiger partial charge is 0.464 e. The highest BCUT2D eigenvalue weighted by atomic mass is 16.5. The molecule has 0 unspecified atom stereocenters. The van der Waals surface area contributed by atoms with E-state index in [0.717, 1.165) is 0 Å². The number of hydrogen-bond acceptors (Lipinski definition) is 3. The molecule has 2 rings (SSSR count). The molecule has 1 aromatic heterocycles. The number of carbonyl (C=O) groups is 1. The molecule has 0 saturated carbocycles. The molecule has 84 valence electrons. The minimum Gasteiger partial charge on any atom is -0.464 e. The van der Waals surface area contributed by atoms with E-state index in [-0.39, 0.29) is 5.69 Å². The lowest BCUT2D eigenvalue weighted by Crippen LogP contribution is -2.01. The van der Waals surface area contributed by atoms with Crippen LogP contribution in [0.5, 0.6) is 0 Å². The van der Waals surface area contributed by atoms with Crippen LogP contribution in [-0.2, 0) is 4.74 Å². The van der Waals surface area contributed by atoms with Gasteiger partial charge in [-0.2, -0.15) is 0 Å². The molecule has 0 N–H and O–H groups in total. The monoisotopic (exact) mass is 227 g/mol. The Morgan fingerprint density at radius 3 is 2.94 bits per heavy atom. The predicted molar refractivity (Wildman–Crippen MR) is 61.2 cm³/mol. The van der Waals surface area contributed by atoms with Crippen molar-refractivity contribution in [2.45, 2.75) is 0 Å². The minimum absolute atomic E-state index is 0.215. The van der Waals surface area contributed by atoms with Gasteiger partial charge >= 0.3 is 5.97 Å². The molecule has 17 heavy (non-hydrogen) atoms. The van der Waals surface area contributed by atoms with Gasteiger partial charge in [-0.15, -0.1) is 0 Å². The number of methoxy groups -OCH3 is 1. The zero-order chi connectivity index (χ0) is 12.3. The van der Waals surface area contributed by atoms with Crippen molar-refractivity contribution in [2.24, 2.45) is 0 Å². The molecule has 0 spiro atoms. The van der Waals surface area contributed by atoms with Crippen molar-refractivity contribution in [1.29, 1.82) is 0 Å². The minimum atomic E-state index is -0.496. The number of hydrogen-bond donors (Lipinski definition) is 0. The molecule has 1 heterocycles. The number of esters is 1. The molecule has 0 aliphatic heterocycles. The van der Waals surface area contributed by atoms with Gasteiger partial charge in [0.15, 0.2) is 5.69 Å². The Hall–Kier alpha value is -2.61. The van der Waals surface area contributed by atoms with Crippen LogP contribution < -0.4 is 0 Å². The first-order valence-corrected chi connectivity index (χ1v) is 4.85. The normalized spacial score (nSPS) is 9.65. The smallest absolute Gasteiger partial charge is 0.358 e. The van der Waals surface area contributed by atoms with Gasteiger partial charge in [0.05, 0.1) is 25.7 Å². The van der Waals surface area contributed by atoms with Gasteiger partial charge in [-0.3, -0.25) is 0 Å². The number of carbonyl (C=O) groups excluding carboxylic acids is 1. The van der Waals surface area contributed by atoms with Crippen LogP contribution >= 0.6 is 0 Å². The Bertz CT molecular complexity index is 596. The van der Waals surface area contributed by atoms with E-state index in [1.807, 2.05) is 6.07 Å². The highest BCUT2D eigenvalue weighted by molar-refractivity contribution is 5.87. The van der Waals surface area contributed by atoms with Gasteiger partial charge in [-0.05, 0) is 6.07 Å². The Morgan fingerprint density at radius 2 is 2.24 bits per heavy atom. The molecular weight excluding hydrogens is 218 g/mol. The van der Waals surface area contributed by atoms with Crippen LogP contribution in [0.25, 0.3) is 10.5 Å². The second-order valence-corrected chi connectivity index (χ2v) is 3.26. The lowest BCUT2D eigenvalue weighted by Gasteiger charge is -2.03. The molecule has 0 saturated heterocycles. The third kappa shape index (κ3) is 2.01. The number of benzene rings is 1. The van der Waals surface area contributed by atoms with Crippen molar-refractivity contribution in [3.8, 4) is 5.69 Å². The first kappa shape index (κ1) is 10.9. The van der Waals surface area contributed by atoms with Gasteiger partial charge in [0.1, 0.15) is 0 Å². The Kier molecular flexibility index (Phi) is 2.88. The van der Waals surface area contributed by atoms with E-state index in [9.17, 15) is 4.79 Å². The second kappa shape index (κ2) is 4.49. The van der Waals surface area contributed by atoms with Crippen molar-refractivity contribution in [2.75, 3.05) is 7.11 Å². The lowest BCUT2D eigenvalue weighted by molar-refractivity contribution is 0.0594. The summed E-state index contributed by atoms with van der Waals surface area (Å²) in [6.45, 7) is 7.06. The van der Waals surface area contributed by atoms with Crippen LogP contribution in [-0.4, -0.2) is 22.6 Å². The maximum absolute atomic E-state index is 11.3. The average Bonchev–Trinajstić information content (AvgIpc) is 2.87. The van der Waals surface area contributed by atoms with Crippen LogP contribution in [0.3, 0.4) is 0 Å². The van der Waals surface area contributed by atoms with E-state index in [4.69, 9.17) is 6.57 Å². The fraction of sp³-hybridized carbons (Fsp3) is 0.0833. The van der Waals surface area contributed by atoms with E-state index in [1.165, 1.54) is 19.6 Å².